The van der Waals surface area contributed by atoms with Crippen molar-refractivity contribution in [3.8, 4) is 17.6 Å². The van der Waals surface area contributed by atoms with Gasteiger partial charge in [-0.15, -0.1) is 0 Å². The molecule has 0 unspecified atom stereocenters. The number of anilines is 5. The third kappa shape index (κ3) is 7.95. The number of likely N-dealkylation sites (N-methyl/N-ethyl adjacent to an activating group) is 1. The van der Waals surface area contributed by atoms with Gasteiger partial charge in [0.25, 0.3) is 0 Å². The summed E-state index contributed by atoms with van der Waals surface area (Å²) in [5.74, 6) is 0.906. The molecule has 0 saturated carbocycles. The second kappa shape index (κ2) is 13.3. The minimum Gasteiger partial charge on any atom is -0.504 e. The van der Waals surface area contributed by atoms with Gasteiger partial charge >= 0.3 is 6.09 Å². The van der Waals surface area contributed by atoms with Crippen LogP contribution in [-0.4, -0.2) is 66.5 Å². The largest absolute Gasteiger partial charge is 0.504 e. The van der Waals surface area contributed by atoms with Gasteiger partial charge in [0.15, 0.2) is 11.5 Å². The van der Waals surface area contributed by atoms with Crippen LogP contribution in [0.15, 0.2) is 48.7 Å². The van der Waals surface area contributed by atoms with Gasteiger partial charge in [-0.2, -0.15) is 5.26 Å². The molecule has 0 radical (unpaired) electrons. The molecule has 11 nitrogen and oxygen atoms in total. The Balaban J connectivity index is 1.57. The number of benzene rings is 2. The minimum atomic E-state index is -0.650. The lowest BCUT2D eigenvalue weighted by Crippen LogP contribution is -2.46. The van der Waals surface area contributed by atoms with E-state index in [0.29, 0.717) is 40.7 Å². The molecule has 1 aliphatic rings. The van der Waals surface area contributed by atoms with E-state index in [1.165, 1.54) is 13.3 Å². The van der Waals surface area contributed by atoms with Crippen molar-refractivity contribution in [3.05, 3.63) is 59.8 Å². The maximum atomic E-state index is 12.8. The third-order valence-electron chi connectivity index (χ3n) is 6.84. The summed E-state index contributed by atoms with van der Waals surface area (Å²) in [4.78, 5) is 21.9. The first-order valence-electron chi connectivity index (χ1n) is 14.0. The Labute approximate surface area is 247 Å². The molecule has 4 N–H and O–H groups in total. The lowest BCUT2D eigenvalue weighted by molar-refractivity contribution is 0.0636. The number of aromatic nitrogens is 1. The van der Waals surface area contributed by atoms with E-state index < -0.39 is 11.7 Å². The normalized spacial score (nSPS) is 13.7. The Bertz CT molecular complexity index is 1440. The van der Waals surface area contributed by atoms with Crippen molar-refractivity contribution in [2.24, 2.45) is 0 Å². The molecule has 42 heavy (non-hydrogen) atoms. The van der Waals surface area contributed by atoms with Crippen molar-refractivity contribution in [1.29, 1.82) is 5.26 Å². The fourth-order valence-electron chi connectivity index (χ4n) is 4.60. The summed E-state index contributed by atoms with van der Waals surface area (Å²) < 4.78 is 10.7. The number of nitrogens with one attached hydrogen (secondary N) is 3. The molecule has 3 aromatic rings. The zero-order valence-corrected chi connectivity index (χ0v) is 24.8. The lowest BCUT2D eigenvalue weighted by atomic mass is 10.1. The maximum absolute atomic E-state index is 12.8. The van der Waals surface area contributed by atoms with E-state index in [4.69, 9.17) is 9.47 Å². The molecule has 2 heterocycles. The number of phenolic OH excluding ortho intramolecular Hbond substituents is 1. The number of pyridine rings is 1. The Kier molecular flexibility index (Phi) is 9.60. The van der Waals surface area contributed by atoms with Gasteiger partial charge in [-0.3, -0.25) is 5.32 Å². The average molecular weight is 574 g/mol. The summed E-state index contributed by atoms with van der Waals surface area (Å²) in [6.07, 6.45) is 0.933. The van der Waals surface area contributed by atoms with E-state index >= 15 is 0 Å². The number of hydrogen-bond acceptors (Lipinski definition) is 10. The van der Waals surface area contributed by atoms with E-state index in [2.05, 4.69) is 43.7 Å². The molecule has 1 aromatic heterocycles. The topological polar surface area (TPSA) is 135 Å². The second-order valence-corrected chi connectivity index (χ2v) is 11.0. The van der Waals surface area contributed by atoms with E-state index in [1.807, 2.05) is 39.0 Å². The van der Waals surface area contributed by atoms with Crippen LogP contribution in [0.2, 0.25) is 0 Å². The van der Waals surface area contributed by atoms with Gasteiger partial charge in [-0.1, -0.05) is 13.0 Å². The molecule has 4 rings (SSSR count). The summed E-state index contributed by atoms with van der Waals surface area (Å²) in [7, 11) is 1.49. The smallest absolute Gasteiger partial charge is 0.412 e. The highest BCUT2D eigenvalue weighted by molar-refractivity contribution is 5.92. The number of aromatic hydroxyl groups is 1. The predicted octanol–water partition coefficient (Wildman–Crippen LogP) is 5.51. The van der Waals surface area contributed by atoms with Crippen LogP contribution in [0.5, 0.6) is 11.5 Å². The van der Waals surface area contributed by atoms with Gasteiger partial charge in [0.2, 0.25) is 0 Å². The molecule has 0 atom stereocenters. The van der Waals surface area contributed by atoms with Crippen LogP contribution in [0.1, 0.15) is 38.8 Å². The van der Waals surface area contributed by atoms with Gasteiger partial charge in [-0.25, -0.2) is 9.78 Å². The first kappa shape index (κ1) is 30.3. The fraction of sp³-hybridized carbons (Fsp3) is 0.387. The van der Waals surface area contributed by atoms with Crippen LogP contribution in [-0.2, 0) is 11.3 Å². The second-order valence-electron chi connectivity index (χ2n) is 11.0. The Hall–Kier alpha value is -4.69. The van der Waals surface area contributed by atoms with Crippen LogP contribution in [0.3, 0.4) is 0 Å². The summed E-state index contributed by atoms with van der Waals surface area (Å²) in [6.45, 7) is 12.8. The first-order chi connectivity index (χ1) is 20.1. The fourth-order valence-corrected chi connectivity index (χ4v) is 4.60. The van der Waals surface area contributed by atoms with Crippen molar-refractivity contribution >= 4 is 34.7 Å². The molecule has 1 saturated heterocycles. The van der Waals surface area contributed by atoms with Gasteiger partial charge < -0.3 is 35.0 Å². The molecule has 0 bridgehead atoms. The summed E-state index contributed by atoms with van der Waals surface area (Å²) >= 11 is 0. The van der Waals surface area contributed by atoms with Crippen LogP contribution in [0.4, 0.5) is 33.4 Å². The number of phenols is 1. The Morgan fingerprint density at radius 3 is 2.50 bits per heavy atom. The third-order valence-corrected chi connectivity index (χ3v) is 6.84. The van der Waals surface area contributed by atoms with Gasteiger partial charge in [0.05, 0.1) is 29.7 Å². The van der Waals surface area contributed by atoms with Crippen molar-refractivity contribution in [2.45, 2.75) is 39.8 Å². The highest BCUT2D eigenvalue weighted by Crippen LogP contribution is 2.32. The summed E-state index contributed by atoms with van der Waals surface area (Å²) in [6, 6.07) is 14.8. The molecule has 222 valence electrons. The Morgan fingerprint density at radius 2 is 1.83 bits per heavy atom. The minimum absolute atomic E-state index is 0.0550. The van der Waals surface area contributed by atoms with Crippen molar-refractivity contribution < 1.29 is 19.4 Å². The number of rotatable bonds is 9. The van der Waals surface area contributed by atoms with Crippen molar-refractivity contribution in [1.82, 2.24) is 9.88 Å². The van der Waals surface area contributed by atoms with Crippen molar-refractivity contribution in [2.75, 3.05) is 60.7 Å². The van der Waals surface area contributed by atoms with Crippen LogP contribution < -0.4 is 25.6 Å². The molecule has 2 aromatic carbocycles. The first-order valence-corrected chi connectivity index (χ1v) is 14.0. The lowest BCUT2D eigenvalue weighted by Gasteiger charge is -2.35. The molecule has 0 spiro atoms. The van der Waals surface area contributed by atoms with Crippen LogP contribution in [0.25, 0.3) is 0 Å². The number of nitrogens with zero attached hydrogens (tertiary/aromatic N) is 4. The van der Waals surface area contributed by atoms with Crippen LogP contribution in [0, 0.1) is 11.3 Å². The van der Waals surface area contributed by atoms with Gasteiger partial charge in [0, 0.05) is 50.7 Å². The number of carbonyl (C=O) groups excluding carboxylic acids is 1. The summed E-state index contributed by atoms with van der Waals surface area (Å²) in [5, 5.41) is 29.0. The average Bonchev–Trinajstić information content (AvgIpc) is 2.96. The van der Waals surface area contributed by atoms with E-state index in [-0.39, 0.29) is 5.75 Å². The van der Waals surface area contributed by atoms with E-state index in [1.54, 1.807) is 24.3 Å². The summed E-state index contributed by atoms with van der Waals surface area (Å²) in [5.41, 5.74) is 3.34. The maximum Gasteiger partial charge on any atom is 0.412 e. The zero-order chi connectivity index (χ0) is 30.3. The quantitative estimate of drug-likeness (QED) is 0.259. The van der Waals surface area contributed by atoms with E-state index in [0.717, 1.165) is 44.0 Å². The van der Waals surface area contributed by atoms with Crippen molar-refractivity contribution in [3.63, 3.8) is 0 Å². The monoisotopic (exact) mass is 573 g/mol. The molecule has 1 aliphatic heterocycles. The molecule has 11 heteroatoms. The number of piperazine rings is 1. The predicted molar refractivity (Wildman–Crippen MR) is 165 cm³/mol. The Morgan fingerprint density at radius 1 is 1.07 bits per heavy atom. The number of carbonyl (C=O) groups is 1. The zero-order valence-electron chi connectivity index (χ0n) is 24.8. The molecule has 0 aliphatic carbocycles. The van der Waals surface area contributed by atoms with Crippen LogP contribution >= 0.6 is 0 Å². The highest BCUT2D eigenvalue weighted by Gasteiger charge is 2.20. The highest BCUT2D eigenvalue weighted by atomic mass is 16.6. The molecule has 1 amide bonds. The number of nitriles is 1. The molecular formula is C31H39N7O4. The standard InChI is InChI=1S/C31H39N7O4/c1-6-37-11-13-38(14-12-37)23-8-9-24(26(16-23)36-30(40)42-31(2,3)4)35-29-17-25(22(18-32)20-34-29)33-19-21-7-10-27(39)28(15-21)41-5/h7-10,15-17,20,39H,6,11-14,19H2,1-5H3,(H,36,40)(H2,33,34,35). The van der Waals surface area contributed by atoms with E-state index in [9.17, 15) is 15.2 Å². The number of amides is 1. The molecule has 1 fully saturated rings. The van der Waals surface area contributed by atoms with Gasteiger partial charge in [-0.05, 0) is 63.2 Å². The molecular weight excluding hydrogens is 534 g/mol. The number of ether oxygens (including phenoxy) is 2. The number of hydrogen-bond donors (Lipinski definition) is 4. The number of methoxy groups -OCH3 is 1. The van der Waals surface area contributed by atoms with Gasteiger partial charge in [0.1, 0.15) is 17.5 Å². The SMILES string of the molecule is CCN1CCN(c2ccc(Nc3cc(NCc4ccc(O)c(OC)c4)c(C#N)cn3)c(NC(=O)OC(C)(C)C)c2)CC1.